The molecule has 0 heterocycles. The molecule has 4 heteroatoms. The number of aromatic carboxylic acids is 1. The van der Waals surface area contributed by atoms with E-state index >= 15 is 0 Å². The number of anilines is 1. The van der Waals surface area contributed by atoms with Gasteiger partial charge >= 0.3 is 5.97 Å². The van der Waals surface area contributed by atoms with Gasteiger partial charge in [-0.15, -0.1) is 0 Å². The van der Waals surface area contributed by atoms with Crippen molar-refractivity contribution in [3.63, 3.8) is 0 Å². The molecule has 1 aliphatic rings. The second kappa shape index (κ2) is 5.43. The Bertz CT molecular complexity index is 510. The van der Waals surface area contributed by atoms with Crippen LogP contribution in [0.4, 0.5) is 5.69 Å². The first-order valence-corrected chi connectivity index (χ1v) is 6.64. The summed E-state index contributed by atoms with van der Waals surface area (Å²) in [7, 11) is 0. The van der Waals surface area contributed by atoms with Crippen LogP contribution in [0.1, 0.15) is 42.1 Å². The van der Waals surface area contributed by atoms with Crippen LogP contribution in [-0.2, 0) is 4.79 Å². The second-order valence-electron chi connectivity index (χ2n) is 5.34. The van der Waals surface area contributed by atoms with E-state index in [0.29, 0.717) is 17.2 Å². The summed E-state index contributed by atoms with van der Waals surface area (Å²) in [5.41, 5.74) is 1.60. The predicted octanol–water partition coefficient (Wildman–Crippen LogP) is 3.07. The molecule has 19 heavy (non-hydrogen) atoms. The van der Waals surface area contributed by atoms with Gasteiger partial charge in [-0.05, 0) is 49.4 Å². The molecule has 0 radical (unpaired) electrons. The molecule has 102 valence electrons. The molecular weight excluding hydrogens is 242 g/mol. The Morgan fingerprint density at radius 2 is 2.05 bits per heavy atom. The zero-order valence-corrected chi connectivity index (χ0v) is 11.3. The Labute approximate surface area is 112 Å². The standard InChI is InChI=1S/C15H19NO3/c1-9-4-3-5-12(9)14(17)16-11-6-7-13(15(18)19)10(2)8-11/h6-9,12H,3-5H2,1-2H3,(H,16,17)(H,18,19). The minimum Gasteiger partial charge on any atom is -0.478 e. The predicted molar refractivity (Wildman–Crippen MR) is 73.3 cm³/mol. The molecule has 1 amide bonds. The van der Waals surface area contributed by atoms with E-state index in [1.807, 2.05) is 0 Å². The lowest BCUT2D eigenvalue weighted by molar-refractivity contribution is -0.120. The Kier molecular flexibility index (Phi) is 3.88. The van der Waals surface area contributed by atoms with Gasteiger partial charge in [0.2, 0.25) is 5.91 Å². The topological polar surface area (TPSA) is 66.4 Å². The number of carboxylic acids is 1. The molecule has 0 bridgehead atoms. The maximum Gasteiger partial charge on any atom is 0.335 e. The minimum atomic E-state index is -0.945. The van der Waals surface area contributed by atoms with E-state index in [1.54, 1.807) is 19.1 Å². The average molecular weight is 261 g/mol. The number of carbonyl (C=O) groups is 2. The van der Waals surface area contributed by atoms with E-state index in [2.05, 4.69) is 12.2 Å². The van der Waals surface area contributed by atoms with Crippen LogP contribution < -0.4 is 5.32 Å². The molecule has 2 rings (SSSR count). The SMILES string of the molecule is Cc1cc(NC(=O)C2CCCC2C)ccc1C(=O)O. The molecule has 1 aliphatic carbocycles. The van der Waals surface area contributed by atoms with Crippen molar-refractivity contribution in [3.8, 4) is 0 Å². The Morgan fingerprint density at radius 3 is 2.58 bits per heavy atom. The van der Waals surface area contributed by atoms with Crippen LogP contribution in [0.25, 0.3) is 0 Å². The van der Waals surface area contributed by atoms with E-state index < -0.39 is 5.97 Å². The normalized spacial score (nSPS) is 22.2. The lowest BCUT2D eigenvalue weighted by Gasteiger charge is -2.15. The highest BCUT2D eigenvalue weighted by Crippen LogP contribution is 2.32. The van der Waals surface area contributed by atoms with Crippen LogP contribution in [0.3, 0.4) is 0 Å². The number of benzene rings is 1. The Hall–Kier alpha value is -1.84. The third kappa shape index (κ3) is 2.95. The quantitative estimate of drug-likeness (QED) is 0.878. The van der Waals surface area contributed by atoms with Gasteiger partial charge in [0, 0.05) is 11.6 Å². The number of amides is 1. The van der Waals surface area contributed by atoms with Crippen LogP contribution in [0.2, 0.25) is 0 Å². The van der Waals surface area contributed by atoms with Crippen molar-refractivity contribution < 1.29 is 14.7 Å². The highest BCUT2D eigenvalue weighted by molar-refractivity contribution is 5.94. The third-order valence-electron chi connectivity index (χ3n) is 3.92. The van der Waals surface area contributed by atoms with Crippen molar-refractivity contribution in [2.24, 2.45) is 11.8 Å². The van der Waals surface area contributed by atoms with Crippen molar-refractivity contribution >= 4 is 17.6 Å². The summed E-state index contributed by atoms with van der Waals surface area (Å²) in [6.07, 6.45) is 3.16. The molecular formula is C15H19NO3. The third-order valence-corrected chi connectivity index (χ3v) is 3.92. The molecule has 1 aromatic rings. The smallest absolute Gasteiger partial charge is 0.335 e. The van der Waals surface area contributed by atoms with Gasteiger partial charge in [0.15, 0.2) is 0 Å². The fourth-order valence-corrected chi connectivity index (χ4v) is 2.75. The first-order valence-electron chi connectivity index (χ1n) is 6.64. The summed E-state index contributed by atoms with van der Waals surface area (Å²) in [5, 5.41) is 11.8. The van der Waals surface area contributed by atoms with Crippen LogP contribution >= 0.6 is 0 Å². The maximum atomic E-state index is 12.1. The van der Waals surface area contributed by atoms with Crippen LogP contribution in [0.5, 0.6) is 0 Å². The average Bonchev–Trinajstić information content (AvgIpc) is 2.75. The molecule has 1 aromatic carbocycles. The minimum absolute atomic E-state index is 0.0486. The molecule has 0 saturated heterocycles. The molecule has 0 aliphatic heterocycles. The monoisotopic (exact) mass is 261 g/mol. The lowest BCUT2D eigenvalue weighted by Crippen LogP contribution is -2.24. The van der Waals surface area contributed by atoms with Crippen LogP contribution in [0.15, 0.2) is 18.2 Å². The number of rotatable bonds is 3. The van der Waals surface area contributed by atoms with Crippen molar-refractivity contribution in [1.29, 1.82) is 0 Å². The summed E-state index contributed by atoms with van der Waals surface area (Å²) in [5.74, 6) is -0.383. The van der Waals surface area contributed by atoms with Gasteiger partial charge in [0.25, 0.3) is 0 Å². The van der Waals surface area contributed by atoms with E-state index in [1.165, 1.54) is 6.07 Å². The van der Waals surface area contributed by atoms with E-state index in [0.717, 1.165) is 19.3 Å². The fourth-order valence-electron chi connectivity index (χ4n) is 2.75. The van der Waals surface area contributed by atoms with Gasteiger partial charge in [-0.3, -0.25) is 4.79 Å². The van der Waals surface area contributed by atoms with Gasteiger partial charge in [-0.25, -0.2) is 4.79 Å². The largest absolute Gasteiger partial charge is 0.478 e. The summed E-state index contributed by atoms with van der Waals surface area (Å²) < 4.78 is 0. The van der Waals surface area contributed by atoms with Crippen LogP contribution in [0, 0.1) is 18.8 Å². The molecule has 2 atom stereocenters. The van der Waals surface area contributed by atoms with E-state index in [9.17, 15) is 9.59 Å². The zero-order chi connectivity index (χ0) is 14.0. The van der Waals surface area contributed by atoms with E-state index in [-0.39, 0.29) is 17.4 Å². The van der Waals surface area contributed by atoms with Crippen molar-refractivity contribution in [2.75, 3.05) is 5.32 Å². The van der Waals surface area contributed by atoms with Gasteiger partial charge in [0.1, 0.15) is 0 Å². The van der Waals surface area contributed by atoms with Crippen molar-refractivity contribution in [3.05, 3.63) is 29.3 Å². The van der Waals surface area contributed by atoms with Gasteiger partial charge in [-0.2, -0.15) is 0 Å². The molecule has 2 N–H and O–H groups in total. The molecule has 0 aromatic heterocycles. The fraction of sp³-hybridized carbons (Fsp3) is 0.467. The number of aryl methyl sites for hydroxylation is 1. The number of hydrogen-bond acceptors (Lipinski definition) is 2. The van der Waals surface area contributed by atoms with Crippen LogP contribution in [-0.4, -0.2) is 17.0 Å². The molecule has 1 saturated carbocycles. The number of nitrogens with one attached hydrogen (secondary N) is 1. The number of hydrogen-bond donors (Lipinski definition) is 2. The zero-order valence-electron chi connectivity index (χ0n) is 11.3. The van der Waals surface area contributed by atoms with Gasteiger partial charge in [-0.1, -0.05) is 13.3 Å². The second-order valence-corrected chi connectivity index (χ2v) is 5.34. The summed E-state index contributed by atoms with van der Waals surface area (Å²) in [6.45, 7) is 3.84. The first kappa shape index (κ1) is 13.6. The van der Waals surface area contributed by atoms with E-state index in [4.69, 9.17) is 5.11 Å². The maximum absolute atomic E-state index is 12.1. The number of carboxylic acid groups (broad SMARTS) is 1. The van der Waals surface area contributed by atoms with Gasteiger partial charge in [0.05, 0.1) is 5.56 Å². The highest BCUT2D eigenvalue weighted by atomic mass is 16.4. The molecule has 4 nitrogen and oxygen atoms in total. The molecule has 2 unspecified atom stereocenters. The first-order chi connectivity index (χ1) is 8.99. The number of carbonyl (C=O) groups excluding carboxylic acids is 1. The molecule has 1 fully saturated rings. The highest BCUT2D eigenvalue weighted by Gasteiger charge is 2.29. The van der Waals surface area contributed by atoms with Crippen molar-refractivity contribution in [2.45, 2.75) is 33.1 Å². The molecule has 0 spiro atoms. The van der Waals surface area contributed by atoms with Gasteiger partial charge < -0.3 is 10.4 Å². The van der Waals surface area contributed by atoms with Crippen molar-refractivity contribution in [1.82, 2.24) is 0 Å². The Morgan fingerprint density at radius 1 is 1.32 bits per heavy atom. The summed E-state index contributed by atoms with van der Waals surface area (Å²) in [4.78, 5) is 23.0. The summed E-state index contributed by atoms with van der Waals surface area (Å²) in [6, 6.07) is 4.89. The Balaban J connectivity index is 2.09. The lowest BCUT2D eigenvalue weighted by atomic mass is 9.97. The summed E-state index contributed by atoms with van der Waals surface area (Å²) >= 11 is 0.